The van der Waals surface area contributed by atoms with E-state index in [9.17, 15) is 15.0 Å². The van der Waals surface area contributed by atoms with Gasteiger partial charge in [-0.3, -0.25) is 4.79 Å². The number of carbonyl (C=O) groups is 1. The third-order valence-corrected chi connectivity index (χ3v) is 10.8. The van der Waals surface area contributed by atoms with Crippen LogP contribution < -0.4 is 5.32 Å². The molecule has 4 heteroatoms. The van der Waals surface area contributed by atoms with Crippen molar-refractivity contribution in [3.63, 3.8) is 0 Å². The summed E-state index contributed by atoms with van der Waals surface area (Å²) in [5, 5.41) is 23.0. The zero-order chi connectivity index (χ0) is 36.4. The molecule has 0 aromatic heterocycles. The second kappa shape index (κ2) is 42.5. The minimum absolute atomic E-state index is 0.0298. The van der Waals surface area contributed by atoms with Crippen molar-refractivity contribution in [2.75, 3.05) is 6.61 Å². The molecule has 0 aliphatic carbocycles. The Morgan fingerprint density at radius 1 is 0.460 bits per heavy atom. The molecule has 0 saturated carbocycles. The van der Waals surface area contributed by atoms with Crippen LogP contribution in [-0.4, -0.2) is 34.9 Å². The molecule has 0 radical (unpaired) electrons. The van der Waals surface area contributed by atoms with Gasteiger partial charge in [-0.2, -0.15) is 0 Å². The molecule has 0 aromatic rings. The van der Waals surface area contributed by atoms with Gasteiger partial charge in [0, 0.05) is 6.42 Å². The van der Waals surface area contributed by atoms with Crippen molar-refractivity contribution >= 4 is 5.91 Å². The molecule has 298 valence electrons. The lowest BCUT2D eigenvalue weighted by molar-refractivity contribution is -0.123. The lowest BCUT2D eigenvalue weighted by Gasteiger charge is -2.22. The molecule has 2 unspecified atom stereocenters. The zero-order valence-corrected chi connectivity index (χ0v) is 34.2. The van der Waals surface area contributed by atoms with Crippen LogP contribution in [0.25, 0.3) is 0 Å². The van der Waals surface area contributed by atoms with E-state index >= 15 is 0 Å². The third kappa shape index (κ3) is 38.4. The highest BCUT2D eigenvalue weighted by Crippen LogP contribution is 2.16. The van der Waals surface area contributed by atoms with Crippen molar-refractivity contribution in [2.24, 2.45) is 0 Å². The lowest BCUT2D eigenvalue weighted by Crippen LogP contribution is -2.45. The highest BCUT2D eigenvalue weighted by atomic mass is 16.3. The number of aliphatic hydroxyl groups excluding tert-OH is 2. The smallest absolute Gasteiger partial charge is 0.220 e. The van der Waals surface area contributed by atoms with E-state index in [0.717, 1.165) is 25.7 Å². The van der Waals surface area contributed by atoms with E-state index < -0.39 is 12.1 Å². The van der Waals surface area contributed by atoms with Crippen LogP contribution in [0.2, 0.25) is 0 Å². The summed E-state index contributed by atoms with van der Waals surface area (Å²) in [4.78, 5) is 12.4. The minimum Gasteiger partial charge on any atom is -0.394 e. The number of hydrogen-bond acceptors (Lipinski definition) is 3. The Balaban J connectivity index is 3.38. The van der Waals surface area contributed by atoms with E-state index in [1.165, 1.54) is 205 Å². The van der Waals surface area contributed by atoms with Gasteiger partial charge in [-0.05, 0) is 38.5 Å². The second-order valence-corrected chi connectivity index (χ2v) is 15.8. The fraction of sp³-hybridized carbons (Fsp3) is 0.935. The molecule has 1 amide bonds. The molecule has 50 heavy (non-hydrogen) atoms. The molecule has 0 heterocycles. The molecule has 0 aromatic carbocycles. The van der Waals surface area contributed by atoms with Crippen LogP contribution in [0, 0.1) is 0 Å². The summed E-state index contributed by atoms with van der Waals surface area (Å²) >= 11 is 0. The van der Waals surface area contributed by atoms with Crippen molar-refractivity contribution in [3.05, 3.63) is 12.2 Å². The Morgan fingerprint density at radius 2 is 0.760 bits per heavy atom. The van der Waals surface area contributed by atoms with Crippen LogP contribution in [0.5, 0.6) is 0 Å². The van der Waals surface area contributed by atoms with Crippen LogP contribution >= 0.6 is 0 Å². The van der Waals surface area contributed by atoms with Crippen LogP contribution in [0.3, 0.4) is 0 Å². The molecule has 0 spiro atoms. The molecule has 0 rings (SSSR count). The first-order valence-corrected chi connectivity index (χ1v) is 22.9. The van der Waals surface area contributed by atoms with Crippen LogP contribution in [0.1, 0.15) is 258 Å². The van der Waals surface area contributed by atoms with Crippen molar-refractivity contribution < 1.29 is 15.0 Å². The summed E-state index contributed by atoms with van der Waals surface area (Å²) in [5.41, 5.74) is 0. The Bertz CT molecular complexity index is 680. The van der Waals surface area contributed by atoms with Crippen molar-refractivity contribution in [1.29, 1.82) is 0 Å². The van der Waals surface area contributed by atoms with Gasteiger partial charge in [0.25, 0.3) is 0 Å². The number of nitrogens with one attached hydrogen (secondary N) is 1. The van der Waals surface area contributed by atoms with E-state index in [0.29, 0.717) is 12.8 Å². The van der Waals surface area contributed by atoms with Gasteiger partial charge >= 0.3 is 0 Å². The largest absolute Gasteiger partial charge is 0.394 e. The molecule has 4 nitrogen and oxygen atoms in total. The average molecular weight is 706 g/mol. The molecular weight excluding hydrogens is 615 g/mol. The third-order valence-electron chi connectivity index (χ3n) is 10.8. The number of rotatable bonds is 42. The quantitative estimate of drug-likeness (QED) is 0.0437. The second-order valence-electron chi connectivity index (χ2n) is 15.8. The highest BCUT2D eigenvalue weighted by Gasteiger charge is 2.20. The molecule has 0 aliphatic rings. The van der Waals surface area contributed by atoms with Gasteiger partial charge in [-0.1, -0.05) is 225 Å². The van der Waals surface area contributed by atoms with Crippen LogP contribution in [-0.2, 0) is 4.79 Å². The summed E-state index contributed by atoms with van der Waals surface area (Å²) in [6.07, 6.45) is 53.2. The zero-order valence-electron chi connectivity index (χ0n) is 34.2. The van der Waals surface area contributed by atoms with Gasteiger partial charge in [0.2, 0.25) is 5.91 Å². The Hall–Kier alpha value is -0.870. The minimum atomic E-state index is -0.653. The summed E-state index contributed by atoms with van der Waals surface area (Å²) in [7, 11) is 0. The highest BCUT2D eigenvalue weighted by molar-refractivity contribution is 5.76. The molecule has 0 fully saturated rings. The first-order chi connectivity index (χ1) is 24.7. The van der Waals surface area contributed by atoms with Crippen molar-refractivity contribution in [2.45, 2.75) is 270 Å². The van der Waals surface area contributed by atoms with E-state index in [2.05, 4.69) is 31.3 Å². The topological polar surface area (TPSA) is 69.6 Å². The van der Waals surface area contributed by atoms with Crippen LogP contribution in [0.15, 0.2) is 12.2 Å². The first-order valence-electron chi connectivity index (χ1n) is 22.9. The fourth-order valence-corrected chi connectivity index (χ4v) is 7.24. The normalized spacial score (nSPS) is 13.0. The molecule has 0 bridgehead atoms. The summed E-state index contributed by atoms with van der Waals surface area (Å²) in [5.74, 6) is -0.0298. The van der Waals surface area contributed by atoms with Gasteiger partial charge < -0.3 is 15.5 Å². The molecular formula is C46H91NO3. The van der Waals surface area contributed by atoms with Crippen LogP contribution in [0.4, 0.5) is 0 Å². The number of carbonyl (C=O) groups excluding carboxylic acids is 1. The van der Waals surface area contributed by atoms with E-state index in [-0.39, 0.29) is 12.5 Å². The van der Waals surface area contributed by atoms with Crippen molar-refractivity contribution in [1.82, 2.24) is 5.32 Å². The predicted molar refractivity (Wildman–Crippen MR) is 221 cm³/mol. The SMILES string of the molecule is CCCCCCCCCC/C=C\CCCCCCCCCCCCCCCCCCCC(=O)NC(CO)C(O)CCCCCCCCCCC. The predicted octanol–water partition coefficient (Wildman–Crippen LogP) is 14.2. The van der Waals surface area contributed by atoms with Crippen molar-refractivity contribution in [3.8, 4) is 0 Å². The maximum atomic E-state index is 12.4. The number of hydrogen-bond donors (Lipinski definition) is 3. The number of allylic oxidation sites excluding steroid dienone is 2. The molecule has 2 atom stereocenters. The van der Waals surface area contributed by atoms with Gasteiger partial charge in [-0.25, -0.2) is 0 Å². The molecule has 0 aliphatic heterocycles. The fourth-order valence-electron chi connectivity index (χ4n) is 7.24. The Kier molecular flexibility index (Phi) is 41.8. The average Bonchev–Trinajstić information content (AvgIpc) is 3.12. The maximum Gasteiger partial charge on any atom is 0.220 e. The summed E-state index contributed by atoms with van der Waals surface area (Å²) < 4.78 is 0. The van der Waals surface area contributed by atoms with E-state index in [1.54, 1.807) is 0 Å². The standard InChI is InChI=1S/C46H91NO3/c1-3-5-7-9-11-13-14-15-16-17-18-19-20-21-22-23-24-25-26-27-28-29-30-31-32-34-36-38-40-42-46(50)47-44(43-48)45(49)41-39-37-35-33-12-10-8-6-4-2/h17-18,44-45,48-49H,3-16,19-43H2,1-2H3,(H,47,50)/b18-17-. The van der Waals surface area contributed by atoms with E-state index in [4.69, 9.17) is 0 Å². The Morgan fingerprint density at radius 3 is 1.10 bits per heavy atom. The van der Waals surface area contributed by atoms with E-state index in [1.807, 2.05) is 0 Å². The van der Waals surface area contributed by atoms with Gasteiger partial charge in [0.05, 0.1) is 18.8 Å². The van der Waals surface area contributed by atoms with Gasteiger partial charge in [-0.15, -0.1) is 0 Å². The van der Waals surface area contributed by atoms with Gasteiger partial charge in [0.15, 0.2) is 0 Å². The monoisotopic (exact) mass is 706 g/mol. The molecule has 3 N–H and O–H groups in total. The summed E-state index contributed by atoms with van der Waals surface area (Å²) in [6, 6.07) is -0.529. The first kappa shape index (κ1) is 49.1. The van der Waals surface area contributed by atoms with Gasteiger partial charge in [0.1, 0.15) is 0 Å². The Labute approximate surface area is 314 Å². The number of aliphatic hydroxyl groups is 2. The maximum absolute atomic E-state index is 12.4. The lowest BCUT2D eigenvalue weighted by atomic mass is 10.0. The summed E-state index contributed by atoms with van der Waals surface area (Å²) in [6.45, 7) is 4.35. The molecule has 0 saturated heterocycles. The number of amides is 1. The number of unbranched alkanes of at least 4 members (excludes halogenated alkanes) is 33.